The topological polar surface area (TPSA) is 65.5 Å². The molecule has 0 heterocycles. The molecule has 1 aromatic carbocycles. The second-order valence-corrected chi connectivity index (χ2v) is 6.64. The SMILES string of the molecule is CN=C(NCCCNC(=O)c1cccc(Br)c1)NCCC(C)C. The maximum Gasteiger partial charge on any atom is 0.251 e. The predicted molar refractivity (Wildman–Crippen MR) is 99.9 cm³/mol. The molecule has 1 aromatic rings. The lowest BCUT2D eigenvalue weighted by atomic mass is 10.1. The van der Waals surface area contributed by atoms with Gasteiger partial charge in [-0.15, -0.1) is 0 Å². The van der Waals surface area contributed by atoms with Crippen LogP contribution in [0, 0.1) is 5.92 Å². The van der Waals surface area contributed by atoms with Gasteiger partial charge >= 0.3 is 0 Å². The van der Waals surface area contributed by atoms with Gasteiger partial charge in [-0.05, 0) is 37.0 Å². The highest BCUT2D eigenvalue weighted by molar-refractivity contribution is 9.10. The van der Waals surface area contributed by atoms with E-state index in [9.17, 15) is 4.79 Å². The molecule has 0 spiro atoms. The van der Waals surface area contributed by atoms with Gasteiger partial charge < -0.3 is 16.0 Å². The minimum atomic E-state index is -0.0502. The van der Waals surface area contributed by atoms with Crippen LogP contribution in [0.15, 0.2) is 33.7 Å². The summed E-state index contributed by atoms with van der Waals surface area (Å²) >= 11 is 3.37. The Bertz CT molecular complexity index is 517. The number of aliphatic imine (C=N–C) groups is 1. The standard InChI is InChI=1S/C17H27BrN4O/c1-13(2)8-11-22-17(19-3)21-10-5-9-20-16(23)14-6-4-7-15(18)12-14/h4,6-7,12-13H,5,8-11H2,1-3H3,(H,20,23)(H2,19,21,22). The van der Waals surface area contributed by atoms with E-state index in [1.165, 1.54) is 0 Å². The van der Waals surface area contributed by atoms with E-state index in [4.69, 9.17) is 0 Å². The minimum absolute atomic E-state index is 0.0502. The molecule has 0 atom stereocenters. The highest BCUT2D eigenvalue weighted by atomic mass is 79.9. The molecular weight excluding hydrogens is 356 g/mol. The number of halogens is 1. The average molecular weight is 383 g/mol. The summed E-state index contributed by atoms with van der Waals surface area (Å²) in [5, 5.41) is 9.44. The van der Waals surface area contributed by atoms with Crippen molar-refractivity contribution in [3.05, 3.63) is 34.3 Å². The summed E-state index contributed by atoms with van der Waals surface area (Å²) in [5.41, 5.74) is 0.665. The largest absolute Gasteiger partial charge is 0.356 e. The Labute approximate surface area is 147 Å². The third-order valence-electron chi connectivity index (χ3n) is 3.26. The normalized spacial score (nSPS) is 11.4. The van der Waals surface area contributed by atoms with Crippen LogP contribution in [0.2, 0.25) is 0 Å². The Morgan fingerprint density at radius 2 is 1.87 bits per heavy atom. The molecule has 0 fully saturated rings. The van der Waals surface area contributed by atoms with Crippen LogP contribution in [0.1, 0.15) is 37.0 Å². The number of rotatable bonds is 8. The van der Waals surface area contributed by atoms with E-state index in [2.05, 4.69) is 50.7 Å². The van der Waals surface area contributed by atoms with E-state index < -0.39 is 0 Å². The van der Waals surface area contributed by atoms with Crippen LogP contribution in [-0.2, 0) is 0 Å². The zero-order valence-corrected chi connectivity index (χ0v) is 15.7. The van der Waals surface area contributed by atoms with Crippen molar-refractivity contribution >= 4 is 27.8 Å². The number of carbonyl (C=O) groups is 1. The Balaban J connectivity index is 2.18. The molecule has 0 bridgehead atoms. The maximum absolute atomic E-state index is 12.0. The fourth-order valence-corrected chi connectivity index (χ4v) is 2.33. The monoisotopic (exact) mass is 382 g/mol. The summed E-state index contributed by atoms with van der Waals surface area (Å²) in [6, 6.07) is 7.37. The molecule has 0 saturated carbocycles. The highest BCUT2D eigenvalue weighted by Gasteiger charge is 2.04. The molecule has 0 saturated heterocycles. The van der Waals surface area contributed by atoms with Gasteiger partial charge in [-0.1, -0.05) is 35.8 Å². The van der Waals surface area contributed by atoms with Gasteiger partial charge in [0.2, 0.25) is 0 Å². The van der Waals surface area contributed by atoms with Gasteiger partial charge in [0, 0.05) is 36.7 Å². The van der Waals surface area contributed by atoms with Gasteiger partial charge in [0.05, 0.1) is 0 Å². The Kier molecular flexibility index (Phi) is 9.36. The summed E-state index contributed by atoms with van der Waals surface area (Å²) in [6.07, 6.45) is 1.95. The Morgan fingerprint density at radius 1 is 1.17 bits per heavy atom. The van der Waals surface area contributed by atoms with Crippen molar-refractivity contribution in [2.24, 2.45) is 10.9 Å². The lowest BCUT2D eigenvalue weighted by Crippen LogP contribution is -2.39. The van der Waals surface area contributed by atoms with Gasteiger partial charge in [-0.25, -0.2) is 0 Å². The predicted octanol–water partition coefficient (Wildman–Crippen LogP) is 2.78. The molecule has 0 aromatic heterocycles. The molecule has 1 rings (SSSR count). The third-order valence-corrected chi connectivity index (χ3v) is 3.75. The number of hydrogen-bond donors (Lipinski definition) is 3. The van der Waals surface area contributed by atoms with Crippen molar-refractivity contribution in [3.63, 3.8) is 0 Å². The molecule has 23 heavy (non-hydrogen) atoms. The molecular formula is C17H27BrN4O. The summed E-state index contributed by atoms with van der Waals surface area (Å²) in [4.78, 5) is 16.1. The van der Waals surface area contributed by atoms with E-state index in [0.717, 1.165) is 36.4 Å². The van der Waals surface area contributed by atoms with Gasteiger partial charge in [-0.2, -0.15) is 0 Å². The fraction of sp³-hybridized carbons (Fsp3) is 0.529. The third kappa shape index (κ3) is 8.59. The average Bonchev–Trinajstić information content (AvgIpc) is 2.52. The molecule has 0 aliphatic rings. The molecule has 0 radical (unpaired) electrons. The molecule has 5 nitrogen and oxygen atoms in total. The van der Waals surface area contributed by atoms with Crippen molar-refractivity contribution in [2.45, 2.75) is 26.7 Å². The van der Waals surface area contributed by atoms with Crippen LogP contribution in [-0.4, -0.2) is 38.5 Å². The van der Waals surface area contributed by atoms with Gasteiger partial charge in [-0.3, -0.25) is 9.79 Å². The van der Waals surface area contributed by atoms with Crippen LogP contribution in [0.5, 0.6) is 0 Å². The zero-order valence-electron chi connectivity index (χ0n) is 14.2. The van der Waals surface area contributed by atoms with Crippen molar-refractivity contribution in [1.29, 1.82) is 0 Å². The quantitative estimate of drug-likeness (QED) is 0.368. The lowest BCUT2D eigenvalue weighted by molar-refractivity contribution is 0.0953. The van der Waals surface area contributed by atoms with Crippen LogP contribution in [0.25, 0.3) is 0 Å². The number of benzene rings is 1. The molecule has 0 aliphatic heterocycles. The first-order chi connectivity index (χ1) is 11.0. The first-order valence-electron chi connectivity index (χ1n) is 8.01. The van der Waals surface area contributed by atoms with Crippen LogP contribution >= 0.6 is 15.9 Å². The second kappa shape index (κ2) is 11.0. The first kappa shape index (κ1) is 19.5. The lowest BCUT2D eigenvalue weighted by Gasteiger charge is -2.13. The fourth-order valence-electron chi connectivity index (χ4n) is 1.93. The van der Waals surface area contributed by atoms with E-state index in [1.807, 2.05) is 18.2 Å². The number of amides is 1. The number of carbonyl (C=O) groups excluding carboxylic acids is 1. The highest BCUT2D eigenvalue weighted by Crippen LogP contribution is 2.11. The van der Waals surface area contributed by atoms with Gasteiger partial charge in [0.15, 0.2) is 5.96 Å². The van der Waals surface area contributed by atoms with Crippen molar-refractivity contribution in [1.82, 2.24) is 16.0 Å². The maximum atomic E-state index is 12.0. The Morgan fingerprint density at radius 3 is 2.52 bits per heavy atom. The van der Waals surface area contributed by atoms with E-state index in [-0.39, 0.29) is 5.91 Å². The van der Waals surface area contributed by atoms with Crippen molar-refractivity contribution in [3.8, 4) is 0 Å². The number of guanidine groups is 1. The van der Waals surface area contributed by atoms with Crippen LogP contribution in [0.3, 0.4) is 0 Å². The number of nitrogens with zero attached hydrogens (tertiary/aromatic N) is 1. The molecule has 1 amide bonds. The molecule has 0 aliphatic carbocycles. The van der Waals surface area contributed by atoms with E-state index in [1.54, 1.807) is 13.1 Å². The van der Waals surface area contributed by atoms with Crippen molar-refractivity contribution in [2.75, 3.05) is 26.7 Å². The van der Waals surface area contributed by atoms with Gasteiger partial charge in [0.25, 0.3) is 5.91 Å². The molecule has 3 N–H and O–H groups in total. The first-order valence-corrected chi connectivity index (χ1v) is 8.80. The molecule has 6 heteroatoms. The smallest absolute Gasteiger partial charge is 0.251 e. The molecule has 0 unspecified atom stereocenters. The minimum Gasteiger partial charge on any atom is -0.356 e. The number of hydrogen-bond acceptors (Lipinski definition) is 2. The van der Waals surface area contributed by atoms with Gasteiger partial charge in [0.1, 0.15) is 0 Å². The number of nitrogens with one attached hydrogen (secondary N) is 3. The van der Waals surface area contributed by atoms with Crippen LogP contribution in [0.4, 0.5) is 0 Å². The van der Waals surface area contributed by atoms with Crippen molar-refractivity contribution < 1.29 is 4.79 Å². The van der Waals surface area contributed by atoms with E-state index >= 15 is 0 Å². The summed E-state index contributed by atoms with van der Waals surface area (Å²) in [7, 11) is 1.76. The zero-order chi connectivity index (χ0) is 17.1. The summed E-state index contributed by atoms with van der Waals surface area (Å²) in [5.74, 6) is 1.43. The summed E-state index contributed by atoms with van der Waals surface area (Å²) in [6.45, 7) is 6.70. The summed E-state index contributed by atoms with van der Waals surface area (Å²) < 4.78 is 0.906. The second-order valence-electron chi connectivity index (χ2n) is 5.73. The Hall–Kier alpha value is -1.56. The van der Waals surface area contributed by atoms with E-state index in [0.29, 0.717) is 18.0 Å². The van der Waals surface area contributed by atoms with Crippen LogP contribution < -0.4 is 16.0 Å². The molecule has 128 valence electrons.